The maximum atomic E-state index is 11.7. The van der Waals surface area contributed by atoms with Crippen LogP contribution in [0.3, 0.4) is 0 Å². The quantitative estimate of drug-likeness (QED) is 0.795. The van der Waals surface area contributed by atoms with Crippen LogP contribution in [0, 0.1) is 5.92 Å². The molecule has 1 heterocycles. The minimum atomic E-state index is -0.0104. The van der Waals surface area contributed by atoms with E-state index < -0.39 is 0 Å². The molecule has 0 aliphatic carbocycles. The maximum Gasteiger partial charge on any atom is 0.226 e. The van der Waals surface area contributed by atoms with Gasteiger partial charge in [-0.25, -0.2) is 0 Å². The molecule has 0 aliphatic heterocycles. The van der Waals surface area contributed by atoms with E-state index in [0.29, 0.717) is 0 Å². The van der Waals surface area contributed by atoms with Crippen molar-refractivity contribution in [1.82, 2.24) is 5.32 Å². The predicted octanol–water partition coefficient (Wildman–Crippen LogP) is 4.39. The van der Waals surface area contributed by atoms with Crippen molar-refractivity contribution in [2.24, 2.45) is 5.92 Å². The molecule has 0 saturated heterocycles. The molecule has 1 aromatic carbocycles. The third-order valence-corrected chi connectivity index (χ3v) is 4.55. The molecule has 0 spiro atoms. The lowest BCUT2D eigenvalue weighted by Gasteiger charge is -2.10. The first-order valence-electron chi connectivity index (χ1n) is 6.88. The van der Waals surface area contributed by atoms with Crippen LogP contribution < -0.4 is 10.6 Å². The first-order chi connectivity index (χ1) is 10.0. The maximum absolute atomic E-state index is 11.7. The second kappa shape index (κ2) is 7.73. The Bertz CT molecular complexity index is 610. The van der Waals surface area contributed by atoms with E-state index in [0.717, 1.165) is 28.1 Å². The van der Waals surface area contributed by atoms with Crippen molar-refractivity contribution in [2.75, 3.05) is 5.32 Å². The molecule has 3 nitrogen and oxygen atoms in total. The van der Waals surface area contributed by atoms with E-state index in [2.05, 4.69) is 44.1 Å². The summed E-state index contributed by atoms with van der Waals surface area (Å²) in [5.41, 5.74) is 3.29. The summed E-state index contributed by atoms with van der Waals surface area (Å²) < 4.78 is 1.15. The van der Waals surface area contributed by atoms with E-state index in [9.17, 15) is 4.79 Å². The highest BCUT2D eigenvalue weighted by Crippen LogP contribution is 2.20. The molecule has 0 bridgehead atoms. The first-order valence-corrected chi connectivity index (χ1v) is 8.55. The topological polar surface area (TPSA) is 41.1 Å². The van der Waals surface area contributed by atoms with Crippen LogP contribution in [-0.2, 0) is 17.9 Å². The van der Waals surface area contributed by atoms with Gasteiger partial charge in [0.25, 0.3) is 0 Å². The van der Waals surface area contributed by atoms with E-state index in [4.69, 9.17) is 0 Å². The molecule has 1 aromatic heterocycles. The average molecular weight is 367 g/mol. The zero-order valence-corrected chi connectivity index (χ0v) is 14.6. The van der Waals surface area contributed by atoms with E-state index >= 15 is 0 Å². The highest BCUT2D eigenvalue weighted by atomic mass is 79.9. The summed E-state index contributed by atoms with van der Waals surface area (Å²) in [5.74, 6) is 0.0343. The van der Waals surface area contributed by atoms with Crippen molar-refractivity contribution in [3.63, 3.8) is 0 Å². The lowest BCUT2D eigenvalue weighted by atomic mass is 10.1. The summed E-state index contributed by atoms with van der Waals surface area (Å²) in [4.78, 5) is 11.7. The van der Waals surface area contributed by atoms with Crippen molar-refractivity contribution in [3.8, 4) is 0 Å². The molecule has 0 radical (unpaired) electrons. The highest BCUT2D eigenvalue weighted by molar-refractivity contribution is 9.11. The zero-order chi connectivity index (χ0) is 15.2. The fourth-order valence-corrected chi connectivity index (χ4v) is 3.04. The van der Waals surface area contributed by atoms with Crippen molar-refractivity contribution < 1.29 is 4.79 Å². The second-order valence-corrected chi connectivity index (χ2v) is 7.50. The number of rotatable bonds is 6. The summed E-state index contributed by atoms with van der Waals surface area (Å²) in [7, 11) is 0. The number of hydrogen-bond donors (Lipinski definition) is 2. The third-order valence-electron chi connectivity index (χ3n) is 3.00. The van der Waals surface area contributed by atoms with Crippen molar-refractivity contribution >= 4 is 38.9 Å². The molecule has 2 aromatic rings. The summed E-state index contributed by atoms with van der Waals surface area (Å²) in [6.45, 7) is 5.39. The van der Waals surface area contributed by atoms with Gasteiger partial charge in [0.05, 0.1) is 3.79 Å². The molecular formula is C16H19BrN2OS. The highest BCUT2D eigenvalue weighted by Gasteiger charge is 2.07. The van der Waals surface area contributed by atoms with Gasteiger partial charge < -0.3 is 10.6 Å². The number of benzene rings is 1. The molecule has 1 amide bonds. The molecular weight excluding hydrogens is 348 g/mol. The molecule has 21 heavy (non-hydrogen) atoms. The van der Waals surface area contributed by atoms with Crippen molar-refractivity contribution in [1.29, 1.82) is 0 Å². The average Bonchev–Trinajstić information content (AvgIpc) is 2.85. The fourth-order valence-electron chi connectivity index (χ4n) is 1.84. The molecule has 2 N–H and O–H groups in total. The molecule has 5 heteroatoms. The van der Waals surface area contributed by atoms with Gasteiger partial charge in [-0.2, -0.15) is 0 Å². The lowest BCUT2D eigenvalue weighted by molar-refractivity contribution is -0.118. The normalized spacial score (nSPS) is 10.9. The van der Waals surface area contributed by atoms with Crippen LogP contribution in [0.1, 0.15) is 25.0 Å². The summed E-state index contributed by atoms with van der Waals surface area (Å²) >= 11 is 5.16. The Morgan fingerprint density at radius 2 is 2.00 bits per heavy atom. The summed E-state index contributed by atoms with van der Waals surface area (Å²) in [5, 5.41) is 8.46. The van der Waals surface area contributed by atoms with Gasteiger partial charge in [-0.15, -0.1) is 11.3 Å². The van der Waals surface area contributed by atoms with Crippen LogP contribution >= 0.6 is 27.3 Å². The van der Waals surface area contributed by atoms with Gasteiger partial charge in [-0.1, -0.05) is 26.0 Å². The Kier molecular flexibility index (Phi) is 5.96. The number of thiophene rings is 1. The molecule has 0 atom stereocenters. The van der Waals surface area contributed by atoms with Gasteiger partial charge in [-0.3, -0.25) is 4.79 Å². The van der Waals surface area contributed by atoms with Crippen molar-refractivity contribution in [3.05, 3.63) is 50.6 Å². The minimum absolute atomic E-state index is 0.0104. The number of amides is 1. The zero-order valence-electron chi connectivity index (χ0n) is 12.2. The first kappa shape index (κ1) is 16.2. The van der Waals surface area contributed by atoms with Gasteiger partial charge in [0, 0.05) is 24.7 Å². The number of anilines is 1. The number of hydrogen-bond acceptors (Lipinski definition) is 3. The standard InChI is InChI=1S/C16H19BrN2OS/c1-11(2)16(20)19-14-5-3-4-12(6-14)8-18-9-13-7-15(17)21-10-13/h3-7,10-11,18H,8-9H2,1-2H3,(H,19,20). The number of halogens is 1. The Balaban J connectivity index is 1.87. The van der Waals surface area contributed by atoms with Gasteiger partial charge in [-0.05, 0) is 50.6 Å². The van der Waals surface area contributed by atoms with E-state index in [1.807, 2.05) is 32.0 Å². The Labute approximate surface area is 137 Å². The van der Waals surface area contributed by atoms with Crippen LogP contribution in [0.2, 0.25) is 0 Å². The Morgan fingerprint density at radius 3 is 2.67 bits per heavy atom. The molecule has 0 aliphatic rings. The summed E-state index contributed by atoms with van der Waals surface area (Å²) in [6, 6.07) is 10.1. The summed E-state index contributed by atoms with van der Waals surface area (Å²) in [6.07, 6.45) is 0. The van der Waals surface area contributed by atoms with E-state index in [1.165, 1.54) is 5.56 Å². The predicted molar refractivity (Wildman–Crippen MR) is 92.5 cm³/mol. The van der Waals surface area contributed by atoms with Gasteiger partial charge in [0.15, 0.2) is 0 Å². The number of carbonyl (C=O) groups is 1. The van der Waals surface area contributed by atoms with Crippen LogP contribution in [-0.4, -0.2) is 5.91 Å². The van der Waals surface area contributed by atoms with Crippen molar-refractivity contribution in [2.45, 2.75) is 26.9 Å². The largest absolute Gasteiger partial charge is 0.326 e. The number of carbonyl (C=O) groups excluding carboxylic acids is 1. The third kappa shape index (κ3) is 5.26. The molecule has 112 valence electrons. The Hall–Kier alpha value is -1.17. The molecule has 0 unspecified atom stereocenters. The number of nitrogens with one attached hydrogen (secondary N) is 2. The van der Waals surface area contributed by atoms with Crippen LogP contribution in [0.5, 0.6) is 0 Å². The van der Waals surface area contributed by atoms with Gasteiger partial charge >= 0.3 is 0 Å². The van der Waals surface area contributed by atoms with E-state index in [1.54, 1.807) is 11.3 Å². The second-order valence-electron chi connectivity index (χ2n) is 5.21. The molecule has 2 rings (SSSR count). The monoisotopic (exact) mass is 366 g/mol. The van der Waals surface area contributed by atoms with Crippen LogP contribution in [0.25, 0.3) is 0 Å². The van der Waals surface area contributed by atoms with Crippen LogP contribution in [0.4, 0.5) is 5.69 Å². The lowest BCUT2D eigenvalue weighted by Crippen LogP contribution is -2.18. The van der Waals surface area contributed by atoms with Gasteiger partial charge in [0.1, 0.15) is 0 Å². The van der Waals surface area contributed by atoms with Crippen LogP contribution in [0.15, 0.2) is 39.5 Å². The smallest absolute Gasteiger partial charge is 0.226 e. The minimum Gasteiger partial charge on any atom is -0.326 e. The Morgan fingerprint density at radius 1 is 1.24 bits per heavy atom. The molecule has 0 saturated carbocycles. The van der Waals surface area contributed by atoms with Gasteiger partial charge in [0.2, 0.25) is 5.91 Å². The fraction of sp³-hybridized carbons (Fsp3) is 0.312. The van der Waals surface area contributed by atoms with E-state index in [-0.39, 0.29) is 11.8 Å². The molecule has 0 fully saturated rings. The SMILES string of the molecule is CC(C)C(=O)Nc1cccc(CNCc2csc(Br)c2)c1.